The van der Waals surface area contributed by atoms with Crippen LogP contribution < -0.4 is 0 Å². The summed E-state index contributed by atoms with van der Waals surface area (Å²) in [6.07, 6.45) is 0. The normalized spacial score (nSPS) is 13.8. The van der Waals surface area contributed by atoms with Crippen LogP contribution in [0.25, 0.3) is 0 Å². The molecule has 0 rings (SSSR count). The fourth-order valence-corrected chi connectivity index (χ4v) is 0. The van der Waals surface area contributed by atoms with Gasteiger partial charge in [-0.1, -0.05) is 18.2 Å². The Morgan fingerprint density at radius 3 is 2.00 bits per heavy atom. The lowest BCUT2D eigenvalue weighted by Crippen LogP contribution is -1.84. The van der Waals surface area contributed by atoms with Gasteiger partial charge in [-0.2, -0.15) is 0 Å². The zero-order chi connectivity index (χ0) is 5.15. The van der Waals surface area contributed by atoms with E-state index in [4.69, 9.17) is 23.2 Å². The van der Waals surface area contributed by atoms with Gasteiger partial charge in [0.2, 0.25) is 0 Å². The minimum Gasteiger partial charge on any atom is -0.117 e. The minimum absolute atomic E-state index is 0.105. The second-order valence-electron chi connectivity index (χ2n) is 1.06. The molecule has 0 N–H and O–H groups in total. The zero-order valence-corrected chi connectivity index (χ0v) is 5.05. The zero-order valence-electron chi connectivity index (χ0n) is 3.54. The first-order valence-electron chi connectivity index (χ1n) is 1.63. The molecule has 0 bridgehead atoms. The van der Waals surface area contributed by atoms with Gasteiger partial charge >= 0.3 is 0 Å². The van der Waals surface area contributed by atoms with E-state index in [1.54, 1.807) is 6.92 Å². The first-order chi connectivity index (χ1) is 2.64. The molecule has 2 heteroatoms. The largest absolute Gasteiger partial charge is 0.117 e. The molecule has 0 aromatic rings. The minimum atomic E-state index is -0.105. The van der Waals surface area contributed by atoms with Gasteiger partial charge < -0.3 is 0 Å². The van der Waals surface area contributed by atoms with E-state index in [9.17, 15) is 0 Å². The first-order valence-corrected chi connectivity index (χ1v) is 2.44. The van der Waals surface area contributed by atoms with Crippen LogP contribution in [0.2, 0.25) is 0 Å². The Kier molecular flexibility index (Phi) is 2.62. The Hall–Kier alpha value is 0.320. The predicted molar refractivity (Wildman–Crippen MR) is 30.3 cm³/mol. The second-order valence-corrected chi connectivity index (χ2v) is 2.20. The molecule has 1 unspecified atom stereocenters. The Morgan fingerprint density at radius 2 is 2.00 bits per heavy atom. The van der Waals surface area contributed by atoms with Crippen LogP contribution in [0.5, 0.6) is 0 Å². The van der Waals surface area contributed by atoms with Crippen molar-refractivity contribution < 1.29 is 0 Å². The maximum Gasteiger partial charge on any atom is 0.0658 e. The first kappa shape index (κ1) is 6.32. The summed E-state index contributed by atoms with van der Waals surface area (Å²) >= 11 is 10.7. The van der Waals surface area contributed by atoms with Crippen LogP contribution in [0.15, 0.2) is 11.6 Å². The highest BCUT2D eigenvalue weighted by atomic mass is 35.5. The third-order valence-corrected chi connectivity index (χ3v) is 1.13. The average Bonchev–Trinajstić information content (AvgIpc) is 1.36. The molecule has 0 heterocycles. The lowest BCUT2D eigenvalue weighted by Gasteiger charge is -1.91. The van der Waals surface area contributed by atoms with Crippen molar-refractivity contribution in [1.82, 2.24) is 0 Å². The van der Waals surface area contributed by atoms with Crippen molar-refractivity contribution >= 4 is 23.2 Å². The van der Waals surface area contributed by atoms with Crippen LogP contribution in [0.4, 0.5) is 0 Å². The molecular formula is C4H6Cl2. The van der Waals surface area contributed by atoms with Crippen molar-refractivity contribution in [2.75, 3.05) is 0 Å². The molecule has 0 radical (unpaired) electrons. The van der Waals surface area contributed by atoms with E-state index in [0.29, 0.717) is 5.03 Å². The van der Waals surface area contributed by atoms with Gasteiger partial charge in [0, 0.05) is 5.03 Å². The van der Waals surface area contributed by atoms with Crippen LogP contribution in [-0.4, -0.2) is 5.38 Å². The van der Waals surface area contributed by atoms with E-state index in [-0.39, 0.29) is 5.38 Å². The van der Waals surface area contributed by atoms with E-state index >= 15 is 0 Å². The number of allylic oxidation sites excluding steroid dienone is 1. The maximum atomic E-state index is 5.38. The van der Waals surface area contributed by atoms with Crippen molar-refractivity contribution in [1.29, 1.82) is 0 Å². The highest BCUT2D eigenvalue weighted by Gasteiger charge is 1.93. The fourth-order valence-electron chi connectivity index (χ4n) is 0. The van der Waals surface area contributed by atoms with Crippen LogP contribution in [0, 0.1) is 0 Å². The molecule has 0 aliphatic rings. The van der Waals surface area contributed by atoms with Crippen LogP contribution in [0.3, 0.4) is 0 Å². The molecule has 1 atom stereocenters. The third-order valence-electron chi connectivity index (χ3n) is 0.432. The van der Waals surface area contributed by atoms with Gasteiger partial charge in [0.25, 0.3) is 0 Å². The topological polar surface area (TPSA) is 0 Å². The quantitative estimate of drug-likeness (QED) is 0.472. The molecule has 0 aromatic heterocycles. The van der Waals surface area contributed by atoms with Crippen LogP contribution >= 0.6 is 23.2 Å². The smallest absolute Gasteiger partial charge is 0.0658 e. The van der Waals surface area contributed by atoms with E-state index in [2.05, 4.69) is 6.58 Å². The number of rotatable bonds is 1. The van der Waals surface area contributed by atoms with E-state index in [1.807, 2.05) is 0 Å². The predicted octanol–water partition coefficient (Wildman–Crippen LogP) is 2.37. The molecule has 6 heavy (non-hydrogen) atoms. The fraction of sp³-hybridized carbons (Fsp3) is 0.500. The van der Waals surface area contributed by atoms with Gasteiger partial charge in [0.15, 0.2) is 0 Å². The summed E-state index contributed by atoms with van der Waals surface area (Å²) in [6, 6.07) is 0. The third kappa shape index (κ3) is 2.55. The van der Waals surface area contributed by atoms with Crippen molar-refractivity contribution in [3.8, 4) is 0 Å². The molecule has 0 aromatic carbocycles. The summed E-state index contributed by atoms with van der Waals surface area (Å²) in [5.74, 6) is 0. The molecule has 0 saturated carbocycles. The monoisotopic (exact) mass is 124 g/mol. The van der Waals surface area contributed by atoms with Crippen LogP contribution in [-0.2, 0) is 0 Å². The summed E-state index contributed by atoms with van der Waals surface area (Å²) in [5.41, 5.74) is 0. The summed E-state index contributed by atoms with van der Waals surface area (Å²) in [6.45, 7) is 5.16. The van der Waals surface area contributed by atoms with E-state index in [1.165, 1.54) is 0 Å². The highest BCUT2D eigenvalue weighted by molar-refractivity contribution is 6.36. The molecule has 0 fully saturated rings. The van der Waals surface area contributed by atoms with E-state index < -0.39 is 0 Å². The number of alkyl halides is 1. The van der Waals surface area contributed by atoms with Crippen molar-refractivity contribution in [2.24, 2.45) is 0 Å². The molecule has 0 aliphatic carbocycles. The highest BCUT2D eigenvalue weighted by Crippen LogP contribution is 2.08. The molecule has 0 spiro atoms. The van der Waals surface area contributed by atoms with Gasteiger partial charge in [0.1, 0.15) is 0 Å². The van der Waals surface area contributed by atoms with Gasteiger partial charge in [-0.15, -0.1) is 11.6 Å². The molecular weight excluding hydrogens is 119 g/mol. The van der Waals surface area contributed by atoms with Gasteiger partial charge in [-0.3, -0.25) is 0 Å². The molecule has 0 saturated heterocycles. The average molecular weight is 125 g/mol. The summed E-state index contributed by atoms with van der Waals surface area (Å²) < 4.78 is 0. The summed E-state index contributed by atoms with van der Waals surface area (Å²) in [7, 11) is 0. The van der Waals surface area contributed by atoms with Crippen molar-refractivity contribution in [3.63, 3.8) is 0 Å². The van der Waals surface area contributed by atoms with Crippen molar-refractivity contribution in [2.45, 2.75) is 12.3 Å². The Morgan fingerprint density at radius 1 is 1.83 bits per heavy atom. The number of hydrogen-bond acceptors (Lipinski definition) is 0. The Labute approximate surface area is 47.8 Å². The Bertz CT molecular complexity index is 56.6. The molecule has 0 amide bonds. The summed E-state index contributed by atoms with van der Waals surface area (Å²) in [5, 5.41) is 0.392. The number of hydrogen-bond donors (Lipinski definition) is 0. The Balaban J connectivity index is 3.26. The van der Waals surface area contributed by atoms with E-state index in [0.717, 1.165) is 0 Å². The van der Waals surface area contributed by atoms with Crippen LogP contribution in [0.1, 0.15) is 6.92 Å². The van der Waals surface area contributed by atoms with Crippen molar-refractivity contribution in [3.05, 3.63) is 11.6 Å². The van der Waals surface area contributed by atoms with Gasteiger partial charge in [0.05, 0.1) is 5.38 Å². The maximum absolute atomic E-state index is 5.38. The standard InChI is InChI=1S/C4H6Cl2/c1-3(5)4(2)6/h4H,1H2,2H3. The SMILES string of the molecule is C=C(Cl)C(C)Cl. The lowest BCUT2D eigenvalue weighted by atomic mass is 10.5. The number of halogens is 2. The molecule has 0 nitrogen and oxygen atoms in total. The van der Waals surface area contributed by atoms with Gasteiger partial charge in [-0.05, 0) is 6.92 Å². The lowest BCUT2D eigenvalue weighted by molar-refractivity contribution is 1.21. The summed E-state index contributed by atoms with van der Waals surface area (Å²) in [4.78, 5) is 0. The van der Waals surface area contributed by atoms with Gasteiger partial charge in [-0.25, -0.2) is 0 Å². The molecule has 36 valence electrons. The second kappa shape index (κ2) is 2.49. The molecule has 0 aliphatic heterocycles.